The van der Waals surface area contributed by atoms with Crippen molar-refractivity contribution in [2.24, 2.45) is 5.92 Å². The molecular formula is C27H42N2O6S. The maximum atomic E-state index is 12.6. The minimum absolute atomic E-state index is 0.140. The molecule has 1 N–H and O–H groups in total. The van der Waals surface area contributed by atoms with Gasteiger partial charge in [-0.3, -0.25) is 9.36 Å². The molecule has 0 bridgehead atoms. The number of nitrogens with one attached hydrogen (secondary N) is 1. The molecule has 1 aromatic heterocycles. The van der Waals surface area contributed by atoms with E-state index in [1.54, 1.807) is 24.4 Å². The zero-order chi connectivity index (χ0) is 27.7. The number of sulfone groups is 1. The highest BCUT2D eigenvalue weighted by Gasteiger charge is 2.22. The molecule has 0 radical (unpaired) electrons. The van der Waals surface area contributed by atoms with Gasteiger partial charge in [0, 0.05) is 36.7 Å². The summed E-state index contributed by atoms with van der Waals surface area (Å²) >= 11 is 0. The third-order valence-corrected chi connectivity index (χ3v) is 5.99. The summed E-state index contributed by atoms with van der Waals surface area (Å²) in [5, 5.41) is 2.93. The number of alkyl carbamates (subject to hydrolysis) is 1. The highest BCUT2D eigenvalue weighted by Crippen LogP contribution is 2.18. The van der Waals surface area contributed by atoms with Gasteiger partial charge in [0.05, 0.1) is 11.0 Å². The van der Waals surface area contributed by atoms with Crippen LogP contribution in [0.3, 0.4) is 0 Å². The van der Waals surface area contributed by atoms with Crippen LogP contribution in [-0.2, 0) is 14.6 Å². The van der Waals surface area contributed by atoms with Gasteiger partial charge in [0.15, 0.2) is 9.84 Å². The van der Waals surface area contributed by atoms with Crippen LogP contribution in [0, 0.1) is 5.92 Å². The van der Waals surface area contributed by atoms with Crippen molar-refractivity contribution in [3.05, 3.63) is 52.9 Å². The molecule has 0 saturated heterocycles. The Hall–Kier alpha value is -2.81. The fourth-order valence-electron chi connectivity index (χ4n) is 3.54. The van der Waals surface area contributed by atoms with Crippen LogP contribution >= 0.6 is 0 Å². The average Bonchev–Trinajstić information content (AvgIpc) is 2.72. The van der Waals surface area contributed by atoms with Crippen LogP contribution in [0.1, 0.15) is 68.2 Å². The Morgan fingerprint density at radius 1 is 1.03 bits per heavy atom. The van der Waals surface area contributed by atoms with Crippen molar-refractivity contribution < 1.29 is 22.7 Å². The Bertz CT molecular complexity index is 1130. The van der Waals surface area contributed by atoms with Crippen molar-refractivity contribution in [3.8, 4) is 11.4 Å². The normalized spacial score (nSPS) is 13.3. The molecule has 36 heavy (non-hydrogen) atoms. The third kappa shape index (κ3) is 10.8. The number of ether oxygens (including phenoxy) is 2. The maximum absolute atomic E-state index is 12.6. The summed E-state index contributed by atoms with van der Waals surface area (Å²) < 4.78 is 36.0. The fourth-order valence-corrected chi connectivity index (χ4v) is 4.17. The molecule has 0 aliphatic rings. The van der Waals surface area contributed by atoms with E-state index in [0.29, 0.717) is 23.8 Å². The molecule has 1 heterocycles. The second-order valence-electron chi connectivity index (χ2n) is 9.97. The van der Waals surface area contributed by atoms with Crippen molar-refractivity contribution in [1.29, 1.82) is 0 Å². The van der Waals surface area contributed by atoms with Crippen molar-refractivity contribution in [2.75, 3.05) is 6.26 Å². The monoisotopic (exact) mass is 522 g/mol. The average molecular weight is 523 g/mol. The molecule has 9 heteroatoms. The lowest BCUT2D eigenvalue weighted by Crippen LogP contribution is -2.41. The van der Waals surface area contributed by atoms with Crippen molar-refractivity contribution in [1.82, 2.24) is 9.88 Å². The van der Waals surface area contributed by atoms with Crippen LogP contribution in [0.15, 0.2) is 52.3 Å². The number of aromatic nitrogens is 1. The van der Waals surface area contributed by atoms with E-state index in [-0.39, 0.29) is 22.6 Å². The number of hydrogen-bond donors (Lipinski definition) is 1. The second-order valence-corrected chi connectivity index (χ2v) is 12.0. The van der Waals surface area contributed by atoms with Crippen LogP contribution in [0.5, 0.6) is 5.75 Å². The van der Waals surface area contributed by atoms with Crippen molar-refractivity contribution in [2.45, 2.75) is 90.9 Å². The van der Waals surface area contributed by atoms with E-state index < -0.39 is 21.5 Å². The molecule has 0 spiro atoms. The SMILES string of the molecule is CC.CC(C)C[C@H](C[C@@H](C)Oc1ccn(-c2ccc(S(C)(=O)=O)cc2)c(=O)c1)NC(=O)OC(C)(C)C. The number of pyridine rings is 1. The lowest BCUT2D eigenvalue weighted by atomic mass is 9.99. The van der Waals surface area contributed by atoms with E-state index in [0.717, 1.165) is 12.7 Å². The molecule has 0 fully saturated rings. The maximum Gasteiger partial charge on any atom is 0.407 e. The van der Waals surface area contributed by atoms with Gasteiger partial charge < -0.3 is 14.8 Å². The standard InChI is InChI=1S/C25H36N2O6S.C2H6/c1-17(2)14-19(26-24(29)33-25(4,5)6)15-18(3)32-21-12-13-27(23(28)16-21)20-8-10-22(11-9-20)34(7,30)31;1-2/h8-13,16-19H,14-15H2,1-7H3,(H,26,29);1-2H3/t18-,19-;/m1./s1. The quantitative estimate of drug-likeness (QED) is 0.475. The van der Waals surface area contributed by atoms with Crippen molar-refractivity contribution >= 4 is 15.9 Å². The van der Waals surface area contributed by atoms with E-state index in [2.05, 4.69) is 19.2 Å². The number of amides is 1. The van der Waals surface area contributed by atoms with Gasteiger partial charge in [-0.05, 0) is 70.4 Å². The minimum Gasteiger partial charge on any atom is -0.490 e. The van der Waals surface area contributed by atoms with Gasteiger partial charge >= 0.3 is 6.09 Å². The number of nitrogens with zero attached hydrogens (tertiary/aromatic N) is 1. The lowest BCUT2D eigenvalue weighted by molar-refractivity contribution is 0.0483. The van der Waals surface area contributed by atoms with Crippen LogP contribution in [0.2, 0.25) is 0 Å². The molecule has 0 aliphatic carbocycles. The molecule has 1 amide bonds. The van der Waals surface area contributed by atoms with Crippen LogP contribution in [0.25, 0.3) is 5.69 Å². The second kappa shape index (κ2) is 13.5. The number of hydrogen-bond acceptors (Lipinski definition) is 6. The molecule has 0 unspecified atom stereocenters. The Morgan fingerprint density at radius 2 is 1.61 bits per heavy atom. The molecule has 2 aromatic rings. The predicted octanol–water partition coefficient (Wildman–Crippen LogP) is 5.36. The minimum atomic E-state index is -3.31. The third-order valence-electron chi connectivity index (χ3n) is 4.86. The van der Waals surface area contributed by atoms with E-state index in [1.165, 1.54) is 22.8 Å². The van der Waals surface area contributed by atoms with E-state index in [1.807, 2.05) is 41.5 Å². The summed E-state index contributed by atoms with van der Waals surface area (Å²) in [4.78, 5) is 25.1. The zero-order valence-corrected chi connectivity index (χ0v) is 23.8. The highest BCUT2D eigenvalue weighted by atomic mass is 32.2. The molecule has 2 rings (SSSR count). The first-order valence-electron chi connectivity index (χ1n) is 12.3. The largest absolute Gasteiger partial charge is 0.490 e. The Labute approximate surface area is 215 Å². The fraction of sp³-hybridized carbons (Fsp3) is 0.556. The lowest BCUT2D eigenvalue weighted by Gasteiger charge is -2.26. The molecule has 8 nitrogen and oxygen atoms in total. The number of carbonyl (C=O) groups excluding carboxylic acids is 1. The zero-order valence-electron chi connectivity index (χ0n) is 23.0. The molecular weight excluding hydrogens is 480 g/mol. The Kier molecular flexibility index (Phi) is 11.7. The smallest absolute Gasteiger partial charge is 0.407 e. The number of benzene rings is 1. The number of carbonyl (C=O) groups is 1. The topological polar surface area (TPSA) is 104 Å². The number of rotatable bonds is 9. The summed E-state index contributed by atoms with van der Waals surface area (Å²) in [6, 6.07) is 9.03. The molecule has 1 aromatic carbocycles. The Morgan fingerprint density at radius 3 is 2.08 bits per heavy atom. The van der Waals surface area contributed by atoms with Gasteiger partial charge in [-0.15, -0.1) is 0 Å². The molecule has 0 aliphatic heterocycles. The van der Waals surface area contributed by atoms with E-state index in [9.17, 15) is 18.0 Å². The molecule has 202 valence electrons. The first-order valence-corrected chi connectivity index (χ1v) is 14.2. The van der Waals surface area contributed by atoms with Gasteiger partial charge in [0.25, 0.3) is 5.56 Å². The van der Waals surface area contributed by atoms with Gasteiger partial charge in [-0.1, -0.05) is 27.7 Å². The van der Waals surface area contributed by atoms with Crippen molar-refractivity contribution in [3.63, 3.8) is 0 Å². The summed E-state index contributed by atoms with van der Waals surface area (Å²) in [5.41, 5.74) is -0.332. The predicted molar refractivity (Wildman–Crippen MR) is 144 cm³/mol. The van der Waals surface area contributed by atoms with Gasteiger partial charge in [0.1, 0.15) is 11.4 Å². The summed E-state index contributed by atoms with van der Waals surface area (Å²) in [6.45, 7) is 15.5. The van der Waals surface area contributed by atoms with Gasteiger partial charge in [0.2, 0.25) is 0 Å². The van der Waals surface area contributed by atoms with Crippen LogP contribution in [-0.4, -0.2) is 43.1 Å². The Balaban J connectivity index is 0.00000316. The van der Waals surface area contributed by atoms with E-state index >= 15 is 0 Å². The molecule has 0 saturated carbocycles. The first-order chi connectivity index (χ1) is 16.6. The van der Waals surface area contributed by atoms with Gasteiger partial charge in [-0.25, -0.2) is 13.2 Å². The summed E-state index contributed by atoms with van der Waals surface area (Å²) in [7, 11) is -3.31. The first kappa shape index (κ1) is 31.2. The highest BCUT2D eigenvalue weighted by molar-refractivity contribution is 7.90. The van der Waals surface area contributed by atoms with E-state index in [4.69, 9.17) is 9.47 Å². The van der Waals surface area contributed by atoms with Crippen LogP contribution < -0.4 is 15.6 Å². The van der Waals surface area contributed by atoms with Crippen LogP contribution in [0.4, 0.5) is 4.79 Å². The molecule has 2 atom stereocenters. The summed E-state index contributed by atoms with van der Waals surface area (Å²) in [6.07, 6.45) is 3.31. The van der Waals surface area contributed by atoms with Gasteiger partial charge in [-0.2, -0.15) is 0 Å². The summed E-state index contributed by atoms with van der Waals surface area (Å²) in [5.74, 6) is 0.784.